The molecule has 0 bridgehead atoms. The van der Waals surface area contributed by atoms with Gasteiger partial charge in [0, 0.05) is 6.54 Å². The molecule has 1 aromatic carbocycles. The van der Waals surface area contributed by atoms with E-state index in [1.54, 1.807) is 0 Å². The van der Waals surface area contributed by atoms with Crippen molar-refractivity contribution in [1.29, 1.82) is 0 Å². The Morgan fingerprint density at radius 2 is 1.89 bits per heavy atom. The van der Waals surface area contributed by atoms with E-state index in [0.29, 0.717) is 11.8 Å². The van der Waals surface area contributed by atoms with E-state index < -0.39 is 0 Å². The molecule has 0 spiro atoms. The molecule has 19 heavy (non-hydrogen) atoms. The number of ether oxygens (including phenoxy) is 1. The number of rotatable bonds is 5. The summed E-state index contributed by atoms with van der Waals surface area (Å²) >= 11 is 0. The molecule has 0 amide bonds. The zero-order chi connectivity index (χ0) is 13.9. The van der Waals surface area contributed by atoms with Gasteiger partial charge in [0.05, 0.1) is 10.9 Å². The monoisotopic (exact) mass is 259 g/mol. The summed E-state index contributed by atoms with van der Waals surface area (Å²) in [7, 11) is 0. The van der Waals surface area contributed by atoms with Crippen LogP contribution >= 0.6 is 0 Å². The van der Waals surface area contributed by atoms with E-state index in [1.165, 1.54) is 0 Å². The third-order valence-electron chi connectivity index (χ3n) is 3.13. The average molecular weight is 259 g/mol. The van der Waals surface area contributed by atoms with Gasteiger partial charge in [0.2, 0.25) is 11.8 Å². The van der Waals surface area contributed by atoms with Crippen LogP contribution in [0.1, 0.15) is 34.1 Å². The molecule has 1 N–H and O–H groups in total. The average Bonchev–Trinajstić information content (AvgIpc) is 2.39. The third-order valence-corrected chi connectivity index (χ3v) is 3.13. The van der Waals surface area contributed by atoms with Gasteiger partial charge in [0.25, 0.3) is 0 Å². The predicted molar refractivity (Wildman–Crippen MR) is 78.7 cm³/mol. The van der Waals surface area contributed by atoms with Gasteiger partial charge in [-0.15, -0.1) is 0 Å². The minimum absolute atomic E-state index is 0.236. The minimum atomic E-state index is -0.236. The first kappa shape index (κ1) is 13.6. The van der Waals surface area contributed by atoms with E-state index in [0.717, 1.165) is 23.9 Å². The summed E-state index contributed by atoms with van der Waals surface area (Å²) < 4.78 is 6.06. The van der Waals surface area contributed by atoms with Gasteiger partial charge in [0.15, 0.2) is 0 Å². The van der Waals surface area contributed by atoms with Gasteiger partial charge < -0.3 is 10.1 Å². The Labute approximate surface area is 114 Å². The first-order chi connectivity index (χ1) is 9.05. The van der Waals surface area contributed by atoms with Crippen LogP contribution in [0.5, 0.6) is 5.88 Å². The van der Waals surface area contributed by atoms with Crippen molar-refractivity contribution in [2.75, 3.05) is 11.9 Å². The summed E-state index contributed by atoms with van der Waals surface area (Å²) in [4.78, 5) is 8.96. The maximum atomic E-state index is 6.06. The molecule has 4 nitrogen and oxygen atoms in total. The van der Waals surface area contributed by atoms with E-state index in [9.17, 15) is 0 Å². The fraction of sp³-hybridized carbons (Fsp3) is 0.467. The van der Waals surface area contributed by atoms with Crippen molar-refractivity contribution < 1.29 is 4.74 Å². The molecular weight excluding hydrogens is 238 g/mol. The summed E-state index contributed by atoms with van der Waals surface area (Å²) in [6, 6.07) is 7.92. The second kappa shape index (κ2) is 5.43. The highest BCUT2D eigenvalue weighted by Gasteiger charge is 2.20. The van der Waals surface area contributed by atoms with Crippen molar-refractivity contribution in [3.8, 4) is 5.88 Å². The number of para-hydroxylation sites is 1. The predicted octanol–water partition coefficient (Wildman–Crippen LogP) is 3.63. The van der Waals surface area contributed by atoms with Crippen molar-refractivity contribution in [2.24, 2.45) is 0 Å². The molecule has 0 saturated carbocycles. The fourth-order valence-corrected chi connectivity index (χ4v) is 1.70. The summed E-state index contributed by atoms with van der Waals surface area (Å²) in [6.07, 6.45) is 0.919. The molecule has 2 aromatic rings. The normalized spacial score (nSPS) is 11.6. The molecular formula is C15H21N3O. The van der Waals surface area contributed by atoms with Crippen LogP contribution in [0, 0.1) is 0 Å². The van der Waals surface area contributed by atoms with Gasteiger partial charge in [-0.25, -0.2) is 4.98 Å². The first-order valence-electron chi connectivity index (χ1n) is 6.75. The standard InChI is InChI=1S/C15H21N3O/c1-5-15(3,4)19-13-11-9-7-8-10-12(11)17-14(18-13)16-6-2/h7-10H,5-6H2,1-4H3,(H,16,17,18). The maximum absolute atomic E-state index is 6.06. The Balaban J connectivity index is 2.50. The molecule has 0 radical (unpaired) electrons. The third kappa shape index (κ3) is 3.13. The molecule has 0 fully saturated rings. The van der Waals surface area contributed by atoms with Crippen molar-refractivity contribution in [3.63, 3.8) is 0 Å². The van der Waals surface area contributed by atoms with Gasteiger partial charge >= 0.3 is 0 Å². The van der Waals surface area contributed by atoms with Crippen LogP contribution in [0.15, 0.2) is 24.3 Å². The van der Waals surface area contributed by atoms with E-state index in [4.69, 9.17) is 4.74 Å². The lowest BCUT2D eigenvalue weighted by Crippen LogP contribution is -2.27. The van der Waals surface area contributed by atoms with Crippen molar-refractivity contribution in [3.05, 3.63) is 24.3 Å². The fourth-order valence-electron chi connectivity index (χ4n) is 1.70. The Kier molecular flexibility index (Phi) is 3.88. The highest BCUT2D eigenvalue weighted by molar-refractivity contribution is 5.84. The topological polar surface area (TPSA) is 47.0 Å². The van der Waals surface area contributed by atoms with Gasteiger partial charge in [0.1, 0.15) is 5.60 Å². The lowest BCUT2D eigenvalue weighted by molar-refractivity contribution is 0.101. The van der Waals surface area contributed by atoms with Gasteiger partial charge in [-0.05, 0) is 39.3 Å². The summed E-state index contributed by atoms with van der Waals surface area (Å²) in [5, 5.41) is 4.09. The molecule has 0 saturated heterocycles. The van der Waals surface area contributed by atoms with Crippen LogP contribution in [-0.4, -0.2) is 22.1 Å². The number of anilines is 1. The first-order valence-corrected chi connectivity index (χ1v) is 6.75. The summed E-state index contributed by atoms with van der Waals surface area (Å²) in [5.74, 6) is 1.26. The molecule has 0 aliphatic rings. The molecule has 4 heteroatoms. The Morgan fingerprint density at radius 1 is 1.16 bits per heavy atom. The van der Waals surface area contributed by atoms with Crippen molar-refractivity contribution >= 4 is 16.9 Å². The number of fused-ring (bicyclic) bond motifs is 1. The highest BCUT2D eigenvalue weighted by Crippen LogP contribution is 2.28. The largest absolute Gasteiger partial charge is 0.471 e. The van der Waals surface area contributed by atoms with Crippen LogP contribution in [0.25, 0.3) is 10.9 Å². The molecule has 102 valence electrons. The van der Waals surface area contributed by atoms with Crippen LogP contribution < -0.4 is 10.1 Å². The van der Waals surface area contributed by atoms with Crippen LogP contribution in [0.4, 0.5) is 5.95 Å². The lowest BCUT2D eigenvalue weighted by Gasteiger charge is -2.25. The van der Waals surface area contributed by atoms with Crippen LogP contribution in [0.2, 0.25) is 0 Å². The Morgan fingerprint density at radius 3 is 2.58 bits per heavy atom. The number of benzene rings is 1. The number of hydrogen-bond donors (Lipinski definition) is 1. The second-order valence-corrected chi connectivity index (χ2v) is 5.12. The second-order valence-electron chi connectivity index (χ2n) is 5.12. The van der Waals surface area contributed by atoms with Gasteiger partial charge in [-0.1, -0.05) is 19.1 Å². The molecule has 0 atom stereocenters. The number of nitrogens with one attached hydrogen (secondary N) is 1. The number of aromatic nitrogens is 2. The molecule has 0 aliphatic carbocycles. The zero-order valence-electron chi connectivity index (χ0n) is 12.0. The summed E-state index contributed by atoms with van der Waals surface area (Å²) in [5.41, 5.74) is 0.663. The lowest BCUT2D eigenvalue weighted by atomic mass is 10.1. The van der Waals surface area contributed by atoms with Crippen molar-refractivity contribution in [2.45, 2.75) is 39.7 Å². The Hall–Kier alpha value is -1.84. The SMILES string of the molecule is CCNc1nc(OC(C)(C)CC)c2ccccc2n1. The smallest absolute Gasteiger partial charge is 0.226 e. The maximum Gasteiger partial charge on any atom is 0.226 e. The van der Waals surface area contributed by atoms with Gasteiger partial charge in [-0.2, -0.15) is 4.98 Å². The molecule has 2 rings (SSSR count). The molecule has 1 aromatic heterocycles. The highest BCUT2D eigenvalue weighted by atomic mass is 16.5. The van der Waals surface area contributed by atoms with Crippen LogP contribution in [-0.2, 0) is 0 Å². The van der Waals surface area contributed by atoms with E-state index >= 15 is 0 Å². The Bertz CT molecular complexity index is 566. The van der Waals surface area contributed by atoms with E-state index in [-0.39, 0.29) is 5.60 Å². The number of hydrogen-bond acceptors (Lipinski definition) is 4. The number of nitrogens with zero attached hydrogens (tertiary/aromatic N) is 2. The molecule has 0 unspecified atom stereocenters. The van der Waals surface area contributed by atoms with E-state index in [1.807, 2.05) is 31.2 Å². The molecule has 0 aliphatic heterocycles. The molecule has 1 heterocycles. The zero-order valence-corrected chi connectivity index (χ0v) is 12.0. The quantitative estimate of drug-likeness (QED) is 0.890. The van der Waals surface area contributed by atoms with Crippen molar-refractivity contribution in [1.82, 2.24) is 9.97 Å². The van der Waals surface area contributed by atoms with Gasteiger partial charge in [-0.3, -0.25) is 0 Å². The van der Waals surface area contributed by atoms with E-state index in [2.05, 4.69) is 36.1 Å². The van der Waals surface area contributed by atoms with Crippen LogP contribution in [0.3, 0.4) is 0 Å². The summed E-state index contributed by atoms with van der Waals surface area (Å²) in [6.45, 7) is 9.05. The minimum Gasteiger partial charge on any atom is -0.471 e.